The molecule has 2 unspecified atom stereocenters. The van der Waals surface area contributed by atoms with E-state index in [-0.39, 0.29) is 63.7 Å². The summed E-state index contributed by atoms with van der Waals surface area (Å²) in [5.41, 5.74) is 1.89. The molecule has 4 fully saturated rings. The van der Waals surface area contributed by atoms with Gasteiger partial charge in [-0.25, -0.2) is 8.42 Å². The van der Waals surface area contributed by atoms with Crippen LogP contribution >= 0.6 is 11.6 Å². The maximum absolute atomic E-state index is 14.0. The van der Waals surface area contributed by atoms with E-state index >= 15 is 0 Å². The summed E-state index contributed by atoms with van der Waals surface area (Å²) in [6.07, 6.45) is 8.30. The molecule has 53 heavy (non-hydrogen) atoms. The van der Waals surface area contributed by atoms with Crippen LogP contribution in [0.2, 0.25) is 5.02 Å². The molecular formula is C39H54ClN5O7S. The Balaban J connectivity index is 1.10. The zero-order chi connectivity index (χ0) is 37.9. The molecule has 14 heteroatoms. The highest BCUT2D eigenvalue weighted by Gasteiger charge is 2.41. The molecule has 0 spiro atoms. The van der Waals surface area contributed by atoms with E-state index in [1.165, 1.54) is 30.7 Å². The van der Waals surface area contributed by atoms with Crippen LogP contribution in [0.25, 0.3) is 0 Å². The molecule has 4 heterocycles. The van der Waals surface area contributed by atoms with Gasteiger partial charge in [0.15, 0.2) is 11.5 Å². The fourth-order valence-corrected chi connectivity index (χ4v) is 10.5. The number of hydrogen-bond donors (Lipinski definition) is 1. The SMILES string of the molecule is COc1cc(S(=O)(=O)N2CCCCC2)cc(C(=O)NC2CC3CCC(C2)N3CCCN(C(=O)C2CCN(C(C)=O)CC2)c2ccc(C)c(Cl)c2)c1OC. The van der Waals surface area contributed by atoms with Gasteiger partial charge in [-0.15, -0.1) is 0 Å². The number of amides is 3. The number of anilines is 1. The third-order valence-electron chi connectivity index (χ3n) is 11.7. The molecule has 3 amide bonds. The van der Waals surface area contributed by atoms with Crippen molar-refractivity contribution in [1.29, 1.82) is 0 Å². The first kappa shape index (κ1) is 39.3. The van der Waals surface area contributed by atoms with Crippen LogP contribution in [0.1, 0.15) is 87.1 Å². The number of likely N-dealkylation sites (tertiary alicyclic amines) is 1. The van der Waals surface area contributed by atoms with Gasteiger partial charge < -0.3 is 24.6 Å². The van der Waals surface area contributed by atoms with E-state index in [1.54, 1.807) is 6.92 Å². The monoisotopic (exact) mass is 771 g/mol. The molecule has 290 valence electrons. The van der Waals surface area contributed by atoms with Crippen molar-refractivity contribution in [2.75, 3.05) is 58.4 Å². The number of nitrogens with zero attached hydrogens (tertiary/aromatic N) is 4. The number of ether oxygens (including phenoxy) is 2. The molecule has 2 aromatic carbocycles. The lowest BCUT2D eigenvalue weighted by atomic mass is 9.94. The van der Waals surface area contributed by atoms with Gasteiger partial charge in [-0.3, -0.25) is 19.3 Å². The zero-order valence-corrected chi connectivity index (χ0v) is 33.0. The van der Waals surface area contributed by atoms with E-state index < -0.39 is 10.0 Å². The van der Waals surface area contributed by atoms with E-state index in [0.717, 1.165) is 69.2 Å². The van der Waals surface area contributed by atoms with Crippen molar-refractivity contribution >= 4 is 45.0 Å². The number of methoxy groups -OCH3 is 2. The van der Waals surface area contributed by atoms with Gasteiger partial charge >= 0.3 is 0 Å². The normalized spacial score (nSPS) is 22.7. The molecule has 4 aliphatic heterocycles. The Bertz CT molecular complexity index is 1760. The first-order chi connectivity index (χ1) is 25.4. The third-order valence-corrected chi connectivity index (χ3v) is 14.0. The number of nitrogens with one attached hydrogen (secondary N) is 1. The van der Waals surface area contributed by atoms with E-state index in [2.05, 4.69) is 10.2 Å². The highest BCUT2D eigenvalue weighted by atomic mass is 35.5. The van der Waals surface area contributed by atoms with Gasteiger partial charge in [0.1, 0.15) is 0 Å². The van der Waals surface area contributed by atoms with Crippen molar-refractivity contribution < 1.29 is 32.3 Å². The van der Waals surface area contributed by atoms with Gasteiger partial charge in [0.2, 0.25) is 21.8 Å². The first-order valence-electron chi connectivity index (χ1n) is 19.1. The molecule has 4 aliphatic rings. The molecule has 0 saturated carbocycles. The number of piperidine rings is 3. The molecule has 12 nitrogen and oxygen atoms in total. The fourth-order valence-electron chi connectivity index (χ4n) is 8.72. The second-order valence-electron chi connectivity index (χ2n) is 15.0. The smallest absolute Gasteiger partial charge is 0.255 e. The van der Waals surface area contributed by atoms with Crippen LogP contribution in [-0.4, -0.2) is 112 Å². The Morgan fingerprint density at radius 2 is 1.60 bits per heavy atom. The zero-order valence-electron chi connectivity index (χ0n) is 31.4. The lowest BCUT2D eigenvalue weighted by molar-refractivity contribution is -0.133. The second-order valence-corrected chi connectivity index (χ2v) is 17.3. The summed E-state index contributed by atoms with van der Waals surface area (Å²) in [5.74, 6) is 0.00863. The Morgan fingerprint density at radius 3 is 2.21 bits per heavy atom. The summed E-state index contributed by atoms with van der Waals surface area (Å²) in [7, 11) is -0.923. The second kappa shape index (κ2) is 17.0. The van der Waals surface area contributed by atoms with Gasteiger partial charge in [-0.05, 0) is 88.5 Å². The van der Waals surface area contributed by atoms with Crippen LogP contribution in [0.15, 0.2) is 35.2 Å². The van der Waals surface area contributed by atoms with Crippen LogP contribution < -0.4 is 19.7 Å². The average molecular weight is 772 g/mol. The summed E-state index contributed by atoms with van der Waals surface area (Å²) < 4.78 is 39.8. The van der Waals surface area contributed by atoms with Crippen LogP contribution in [0, 0.1) is 12.8 Å². The number of hydrogen-bond acceptors (Lipinski definition) is 8. The fraction of sp³-hybridized carbons (Fsp3) is 0.615. The van der Waals surface area contributed by atoms with Crippen LogP contribution in [-0.2, 0) is 19.6 Å². The number of aryl methyl sites for hydroxylation is 1. The number of fused-ring (bicyclic) bond motifs is 2. The molecule has 6 rings (SSSR count). The Kier molecular flexibility index (Phi) is 12.6. The lowest BCUT2D eigenvalue weighted by Gasteiger charge is -2.40. The first-order valence-corrected chi connectivity index (χ1v) is 20.9. The minimum Gasteiger partial charge on any atom is -0.493 e. The van der Waals surface area contributed by atoms with Crippen LogP contribution in [0.3, 0.4) is 0 Å². The Morgan fingerprint density at radius 1 is 0.925 bits per heavy atom. The number of benzene rings is 2. The van der Waals surface area contributed by atoms with Crippen molar-refractivity contribution in [3.8, 4) is 11.5 Å². The highest BCUT2D eigenvalue weighted by molar-refractivity contribution is 7.89. The molecule has 4 saturated heterocycles. The predicted molar refractivity (Wildman–Crippen MR) is 204 cm³/mol. The minimum absolute atomic E-state index is 0.0269. The predicted octanol–water partition coefficient (Wildman–Crippen LogP) is 5.25. The van der Waals surface area contributed by atoms with Crippen molar-refractivity contribution in [1.82, 2.24) is 19.4 Å². The third kappa shape index (κ3) is 8.63. The topological polar surface area (TPSA) is 129 Å². The number of carbonyl (C=O) groups excluding carboxylic acids is 3. The Labute approximate surface area is 319 Å². The van der Waals surface area contributed by atoms with Crippen molar-refractivity contribution in [2.24, 2.45) is 5.92 Å². The molecule has 0 aromatic heterocycles. The molecule has 2 bridgehead atoms. The van der Waals surface area contributed by atoms with Crippen LogP contribution in [0.4, 0.5) is 5.69 Å². The van der Waals surface area contributed by atoms with Crippen molar-refractivity contribution in [2.45, 2.75) is 101 Å². The average Bonchev–Trinajstić information content (AvgIpc) is 3.40. The number of sulfonamides is 1. The van der Waals surface area contributed by atoms with Crippen molar-refractivity contribution in [3.05, 3.63) is 46.5 Å². The van der Waals surface area contributed by atoms with Gasteiger partial charge in [0.05, 0.1) is 24.7 Å². The molecule has 0 radical (unpaired) electrons. The summed E-state index contributed by atoms with van der Waals surface area (Å²) >= 11 is 6.52. The number of rotatable bonds is 12. The standard InChI is InChI=1S/C39H54ClN5O7S/c1-26-9-10-32(23-35(26)40)45(39(48)28-13-19-42(20-14-28)27(2)46)18-8-17-44-30-11-12-31(44)22-29(21-30)41-38(47)34-24-33(25-36(51-3)37(34)52-4)53(49,50)43-15-6-5-7-16-43/h9-10,23-25,28-31H,5-8,11-22H2,1-4H3,(H,41,47). The van der Waals surface area contributed by atoms with Crippen LogP contribution in [0.5, 0.6) is 11.5 Å². The number of halogens is 1. The van der Waals surface area contributed by atoms with E-state index in [0.29, 0.717) is 50.6 Å². The lowest BCUT2D eigenvalue weighted by Crippen LogP contribution is -2.51. The van der Waals surface area contributed by atoms with Crippen molar-refractivity contribution in [3.63, 3.8) is 0 Å². The molecule has 2 atom stereocenters. The van der Waals surface area contributed by atoms with Gasteiger partial charge in [0.25, 0.3) is 5.91 Å². The Hall–Kier alpha value is -3.39. The summed E-state index contributed by atoms with van der Waals surface area (Å²) in [5, 5.41) is 3.83. The summed E-state index contributed by atoms with van der Waals surface area (Å²) in [4.78, 5) is 46.0. The molecule has 2 aromatic rings. The maximum Gasteiger partial charge on any atom is 0.255 e. The molecule has 1 N–H and O–H groups in total. The van der Waals surface area contributed by atoms with E-state index in [9.17, 15) is 22.8 Å². The summed E-state index contributed by atoms with van der Waals surface area (Å²) in [6.45, 7) is 6.99. The largest absolute Gasteiger partial charge is 0.493 e. The maximum atomic E-state index is 14.0. The molecule has 0 aliphatic carbocycles. The highest BCUT2D eigenvalue weighted by Crippen LogP contribution is 2.38. The van der Waals surface area contributed by atoms with Gasteiger partial charge in [0, 0.05) is 87.0 Å². The molecular weight excluding hydrogens is 718 g/mol. The quantitative estimate of drug-likeness (QED) is 0.310. The minimum atomic E-state index is -3.81. The van der Waals surface area contributed by atoms with E-state index in [4.69, 9.17) is 21.1 Å². The van der Waals surface area contributed by atoms with E-state index in [1.807, 2.05) is 34.9 Å². The summed E-state index contributed by atoms with van der Waals surface area (Å²) in [6, 6.07) is 9.15. The van der Waals surface area contributed by atoms with Gasteiger partial charge in [-0.1, -0.05) is 24.1 Å². The number of carbonyl (C=O) groups is 3. The van der Waals surface area contributed by atoms with Gasteiger partial charge in [-0.2, -0.15) is 4.31 Å².